The summed E-state index contributed by atoms with van der Waals surface area (Å²) in [7, 11) is 0. The number of nitrogens with zero attached hydrogens (tertiary/aromatic N) is 2. The third kappa shape index (κ3) is 4.52. The lowest BCUT2D eigenvalue weighted by Crippen LogP contribution is -2.25. The first kappa shape index (κ1) is 18.2. The van der Waals surface area contributed by atoms with Crippen LogP contribution in [-0.4, -0.2) is 28.5 Å². The molecular weight excluding hydrogens is 344 g/mol. The van der Waals surface area contributed by atoms with Crippen LogP contribution in [0.1, 0.15) is 16.8 Å². The Bertz CT molecular complexity index is 1020. The Hall–Kier alpha value is -3.61. The quantitative estimate of drug-likeness (QED) is 0.520. The predicted octanol–water partition coefficient (Wildman–Crippen LogP) is 2.31. The maximum Gasteiger partial charge on any atom is 0.280 e. The van der Waals surface area contributed by atoms with E-state index in [0.29, 0.717) is 17.0 Å². The highest BCUT2D eigenvalue weighted by Gasteiger charge is 2.10. The molecule has 0 saturated carbocycles. The second kappa shape index (κ2) is 8.18. The molecule has 2 aromatic carbocycles. The molecule has 3 rings (SSSR count). The van der Waals surface area contributed by atoms with Crippen LogP contribution in [0.25, 0.3) is 5.69 Å². The molecule has 0 aliphatic carbocycles. The van der Waals surface area contributed by atoms with Crippen LogP contribution >= 0.6 is 0 Å². The van der Waals surface area contributed by atoms with Gasteiger partial charge in [0.25, 0.3) is 11.5 Å². The Balaban J connectivity index is 1.62. The summed E-state index contributed by atoms with van der Waals surface area (Å²) in [6, 6.07) is 16.6. The third-order valence-electron chi connectivity index (χ3n) is 3.87. The lowest BCUT2D eigenvalue weighted by atomic mass is 10.2. The van der Waals surface area contributed by atoms with E-state index in [1.165, 1.54) is 10.9 Å². The van der Waals surface area contributed by atoms with Gasteiger partial charge < -0.3 is 4.74 Å². The number of aromatic amines is 1. The van der Waals surface area contributed by atoms with Crippen LogP contribution in [0, 0.1) is 13.8 Å². The zero-order valence-corrected chi connectivity index (χ0v) is 15.1. The molecule has 1 amide bonds. The molecule has 138 valence electrons. The van der Waals surface area contributed by atoms with Crippen LogP contribution in [-0.2, 0) is 4.79 Å². The molecule has 3 aromatic rings. The number of hydrogen-bond acceptors (Lipinski definition) is 4. The summed E-state index contributed by atoms with van der Waals surface area (Å²) in [5.74, 6) is 0.200. The lowest BCUT2D eigenvalue weighted by Gasteiger charge is -2.05. The Kier molecular flexibility index (Phi) is 5.51. The van der Waals surface area contributed by atoms with E-state index in [-0.39, 0.29) is 12.2 Å². The summed E-state index contributed by atoms with van der Waals surface area (Å²) in [5.41, 5.74) is 4.91. The number of nitrogens with one attached hydrogen (secondary N) is 2. The van der Waals surface area contributed by atoms with Crippen molar-refractivity contribution in [2.24, 2.45) is 5.10 Å². The van der Waals surface area contributed by atoms with Gasteiger partial charge in [0.2, 0.25) is 0 Å². The summed E-state index contributed by atoms with van der Waals surface area (Å²) in [6.07, 6.45) is 1.33. The first-order valence-electron chi connectivity index (χ1n) is 8.43. The topological polar surface area (TPSA) is 88.5 Å². The van der Waals surface area contributed by atoms with Crippen LogP contribution in [0.5, 0.6) is 5.75 Å². The van der Waals surface area contributed by atoms with Crippen LogP contribution in [0.2, 0.25) is 0 Å². The summed E-state index contributed by atoms with van der Waals surface area (Å²) in [4.78, 5) is 24.4. The molecule has 0 aliphatic rings. The van der Waals surface area contributed by atoms with Gasteiger partial charge in [-0.2, -0.15) is 5.10 Å². The molecule has 1 heterocycles. The number of para-hydroxylation sites is 1. The number of amides is 1. The highest BCUT2D eigenvalue weighted by molar-refractivity contribution is 5.83. The third-order valence-corrected chi connectivity index (χ3v) is 3.87. The Morgan fingerprint density at radius 1 is 1.19 bits per heavy atom. The number of carbonyl (C=O) groups is 1. The molecule has 0 unspecified atom stereocenters. The number of carbonyl (C=O) groups excluding carboxylic acids is 1. The first-order valence-corrected chi connectivity index (χ1v) is 8.43. The highest BCUT2D eigenvalue weighted by Crippen LogP contribution is 2.11. The maximum atomic E-state index is 12.5. The van der Waals surface area contributed by atoms with Gasteiger partial charge in [-0.05, 0) is 43.7 Å². The largest absolute Gasteiger partial charge is 0.484 e. The molecule has 0 radical (unpaired) electrons. The standard InChI is InChI=1S/C20H20N4O3/c1-14-7-6-10-17(11-14)27-13-19(25)22-21-12-18-15(2)23-24(20(18)26)16-8-4-3-5-9-16/h3-12,23H,13H2,1-2H3,(H,22,25). The van der Waals surface area contributed by atoms with Crippen molar-refractivity contribution in [3.8, 4) is 11.4 Å². The van der Waals surface area contributed by atoms with E-state index < -0.39 is 5.91 Å². The molecule has 0 spiro atoms. The van der Waals surface area contributed by atoms with Gasteiger partial charge in [-0.3, -0.25) is 14.7 Å². The van der Waals surface area contributed by atoms with E-state index in [9.17, 15) is 9.59 Å². The number of aryl methyl sites for hydroxylation is 2. The number of ether oxygens (including phenoxy) is 1. The normalized spacial score (nSPS) is 10.9. The van der Waals surface area contributed by atoms with Gasteiger partial charge in [0.15, 0.2) is 6.61 Å². The van der Waals surface area contributed by atoms with Crippen molar-refractivity contribution in [1.29, 1.82) is 0 Å². The van der Waals surface area contributed by atoms with E-state index in [2.05, 4.69) is 15.6 Å². The van der Waals surface area contributed by atoms with Gasteiger partial charge in [-0.1, -0.05) is 30.3 Å². The van der Waals surface area contributed by atoms with E-state index >= 15 is 0 Å². The molecular formula is C20H20N4O3. The van der Waals surface area contributed by atoms with Crippen LogP contribution in [0.15, 0.2) is 64.5 Å². The van der Waals surface area contributed by atoms with Crippen molar-refractivity contribution in [2.45, 2.75) is 13.8 Å². The molecule has 0 atom stereocenters. The summed E-state index contributed by atoms with van der Waals surface area (Å²) in [5, 5.41) is 6.86. The fourth-order valence-corrected chi connectivity index (χ4v) is 2.53. The van der Waals surface area contributed by atoms with Crippen molar-refractivity contribution in [2.75, 3.05) is 6.61 Å². The predicted molar refractivity (Wildman–Crippen MR) is 104 cm³/mol. The Labute approximate surface area is 156 Å². The van der Waals surface area contributed by atoms with Crippen molar-refractivity contribution >= 4 is 12.1 Å². The minimum absolute atomic E-state index is 0.166. The van der Waals surface area contributed by atoms with Gasteiger partial charge in [-0.15, -0.1) is 0 Å². The second-order valence-corrected chi connectivity index (χ2v) is 6.02. The van der Waals surface area contributed by atoms with E-state index in [4.69, 9.17) is 4.74 Å². The minimum Gasteiger partial charge on any atom is -0.484 e. The molecule has 7 nitrogen and oxygen atoms in total. The number of benzene rings is 2. The number of hydrogen-bond donors (Lipinski definition) is 2. The molecule has 0 saturated heterocycles. The van der Waals surface area contributed by atoms with Crippen LogP contribution < -0.4 is 15.7 Å². The average molecular weight is 364 g/mol. The molecule has 0 fully saturated rings. The molecule has 27 heavy (non-hydrogen) atoms. The zero-order chi connectivity index (χ0) is 19.2. The van der Waals surface area contributed by atoms with E-state index in [1.54, 1.807) is 13.0 Å². The molecule has 1 aromatic heterocycles. The second-order valence-electron chi connectivity index (χ2n) is 6.02. The van der Waals surface area contributed by atoms with E-state index in [1.807, 2.05) is 55.5 Å². The lowest BCUT2D eigenvalue weighted by molar-refractivity contribution is -0.123. The number of hydrazone groups is 1. The monoisotopic (exact) mass is 364 g/mol. The summed E-state index contributed by atoms with van der Waals surface area (Å²) in [6.45, 7) is 3.55. The highest BCUT2D eigenvalue weighted by atomic mass is 16.5. The SMILES string of the molecule is Cc1cccc(OCC(=O)NN=Cc2c(C)[nH]n(-c3ccccc3)c2=O)c1. The first-order chi connectivity index (χ1) is 13.0. The fourth-order valence-electron chi connectivity index (χ4n) is 2.53. The van der Waals surface area contributed by atoms with Crippen molar-refractivity contribution in [3.63, 3.8) is 0 Å². The number of H-pyrrole nitrogens is 1. The van der Waals surface area contributed by atoms with Gasteiger partial charge >= 0.3 is 0 Å². The minimum atomic E-state index is -0.413. The summed E-state index contributed by atoms with van der Waals surface area (Å²) < 4.78 is 6.83. The van der Waals surface area contributed by atoms with Crippen LogP contribution in [0.3, 0.4) is 0 Å². The molecule has 0 bridgehead atoms. The van der Waals surface area contributed by atoms with Gasteiger partial charge in [-0.25, -0.2) is 10.1 Å². The number of rotatable bonds is 6. The Morgan fingerprint density at radius 3 is 2.70 bits per heavy atom. The van der Waals surface area contributed by atoms with Gasteiger partial charge in [0.05, 0.1) is 17.5 Å². The average Bonchev–Trinajstić information content (AvgIpc) is 2.95. The maximum absolute atomic E-state index is 12.5. The van der Waals surface area contributed by atoms with Crippen molar-refractivity contribution < 1.29 is 9.53 Å². The molecule has 2 N–H and O–H groups in total. The zero-order valence-electron chi connectivity index (χ0n) is 15.1. The van der Waals surface area contributed by atoms with Crippen molar-refractivity contribution in [1.82, 2.24) is 15.2 Å². The molecule has 7 heteroatoms. The van der Waals surface area contributed by atoms with Crippen LogP contribution in [0.4, 0.5) is 0 Å². The van der Waals surface area contributed by atoms with Gasteiger partial charge in [0.1, 0.15) is 5.75 Å². The van der Waals surface area contributed by atoms with Gasteiger partial charge in [0, 0.05) is 5.69 Å². The van der Waals surface area contributed by atoms with E-state index in [0.717, 1.165) is 11.3 Å². The number of aromatic nitrogens is 2. The Morgan fingerprint density at radius 2 is 1.96 bits per heavy atom. The fraction of sp³-hybridized carbons (Fsp3) is 0.150. The molecule has 0 aliphatic heterocycles. The smallest absolute Gasteiger partial charge is 0.280 e. The summed E-state index contributed by atoms with van der Waals surface area (Å²) >= 11 is 0. The van der Waals surface area contributed by atoms with Crippen molar-refractivity contribution in [3.05, 3.63) is 81.8 Å².